The van der Waals surface area contributed by atoms with Gasteiger partial charge in [-0.15, -0.1) is 0 Å². The van der Waals surface area contributed by atoms with Crippen molar-refractivity contribution in [3.63, 3.8) is 0 Å². The Morgan fingerprint density at radius 2 is 2.11 bits per heavy atom. The van der Waals surface area contributed by atoms with Crippen molar-refractivity contribution < 1.29 is 15.1 Å². The van der Waals surface area contributed by atoms with Crippen molar-refractivity contribution in [3.05, 3.63) is 64.7 Å². The molecule has 4 N–H and O–H groups in total. The molecule has 1 aromatic rings. The minimum atomic E-state index is -0.732. The van der Waals surface area contributed by atoms with Gasteiger partial charge in [0, 0.05) is 13.1 Å². The molecule has 7 heteroatoms. The van der Waals surface area contributed by atoms with E-state index in [2.05, 4.69) is 47.6 Å². The normalized spacial score (nSPS) is 14.5. The molecule has 1 amide bonds. The van der Waals surface area contributed by atoms with Gasteiger partial charge in [0.25, 0.3) is 5.91 Å². The molecule has 0 spiro atoms. The van der Waals surface area contributed by atoms with E-state index in [0.29, 0.717) is 24.7 Å². The van der Waals surface area contributed by atoms with Gasteiger partial charge in [0.2, 0.25) is 11.6 Å². The smallest absolute Gasteiger partial charge is 0.290 e. The molecule has 0 bridgehead atoms. The third kappa shape index (κ3) is 5.55. The summed E-state index contributed by atoms with van der Waals surface area (Å²) < 4.78 is 0. The van der Waals surface area contributed by atoms with Gasteiger partial charge in [-0.1, -0.05) is 48.9 Å². The van der Waals surface area contributed by atoms with Crippen molar-refractivity contribution in [2.24, 2.45) is 4.99 Å². The van der Waals surface area contributed by atoms with E-state index in [1.54, 1.807) is 6.92 Å². The van der Waals surface area contributed by atoms with Crippen LogP contribution in [0.4, 0.5) is 0 Å². The molecule has 7 nitrogen and oxygen atoms in total. The number of nitrogens with zero attached hydrogens (tertiary/aromatic N) is 2. The maximum atomic E-state index is 12.2. The molecule has 1 aliphatic carbocycles. The zero-order valence-corrected chi connectivity index (χ0v) is 16.4. The van der Waals surface area contributed by atoms with Gasteiger partial charge < -0.3 is 10.4 Å². The highest BCUT2D eigenvalue weighted by molar-refractivity contribution is 5.91. The van der Waals surface area contributed by atoms with Crippen LogP contribution in [0.15, 0.2) is 58.6 Å². The van der Waals surface area contributed by atoms with E-state index in [4.69, 9.17) is 0 Å². The number of allylic oxidation sites excluding steroid dienone is 4. The summed E-state index contributed by atoms with van der Waals surface area (Å²) in [5.41, 5.74) is 7.33. The minimum absolute atomic E-state index is 0.326. The summed E-state index contributed by atoms with van der Waals surface area (Å²) in [5.74, 6) is -1.79. The van der Waals surface area contributed by atoms with E-state index >= 15 is 0 Å². The first-order valence-electron chi connectivity index (χ1n) is 9.34. The Hall–Kier alpha value is -2.90. The second-order valence-electron chi connectivity index (χ2n) is 6.51. The van der Waals surface area contributed by atoms with Crippen LogP contribution in [0.5, 0.6) is 0 Å². The minimum Gasteiger partial charge on any atom is -0.500 e. The lowest BCUT2D eigenvalue weighted by molar-refractivity contribution is -0.124. The third-order valence-electron chi connectivity index (χ3n) is 4.40. The van der Waals surface area contributed by atoms with E-state index in [0.717, 1.165) is 24.0 Å². The maximum Gasteiger partial charge on any atom is 0.290 e. The average molecular weight is 384 g/mol. The van der Waals surface area contributed by atoms with Gasteiger partial charge in [-0.25, -0.2) is 10.4 Å². The van der Waals surface area contributed by atoms with E-state index in [9.17, 15) is 15.1 Å². The number of amides is 1. The molecule has 0 heterocycles. The van der Waals surface area contributed by atoms with Gasteiger partial charge in [0.1, 0.15) is 0 Å². The van der Waals surface area contributed by atoms with Crippen LogP contribution in [0, 0.1) is 0 Å². The van der Waals surface area contributed by atoms with Crippen molar-refractivity contribution >= 4 is 18.2 Å². The highest BCUT2D eigenvalue weighted by Gasteiger charge is 2.18. The zero-order chi connectivity index (χ0) is 20.5. The molecule has 150 valence electrons. The second kappa shape index (κ2) is 10.4. The lowest BCUT2D eigenvalue weighted by Crippen LogP contribution is -2.36. The summed E-state index contributed by atoms with van der Waals surface area (Å²) >= 11 is 0. The largest absolute Gasteiger partial charge is 0.500 e. The molecule has 0 saturated carbocycles. The number of carbonyl (C=O) groups excluding carboxylic acids is 1. The van der Waals surface area contributed by atoms with Crippen LogP contribution in [0.2, 0.25) is 0 Å². The number of benzene rings is 1. The quantitative estimate of drug-likeness (QED) is 0.227. The summed E-state index contributed by atoms with van der Waals surface area (Å²) in [7, 11) is 0. The predicted octanol–water partition coefficient (Wildman–Crippen LogP) is 3.11. The summed E-state index contributed by atoms with van der Waals surface area (Å²) in [5, 5.41) is 22.9. The Kier molecular flexibility index (Phi) is 7.98. The van der Waals surface area contributed by atoms with E-state index in [-0.39, 0.29) is 5.82 Å². The highest BCUT2D eigenvalue weighted by atomic mass is 16.5. The number of hydrogen-bond donors (Lipinski definition) is 4. The van der Waals surface area contributed by atoms with E-state index in [1.165, 1.54) is 11.1 Å². The Labute approximate surface area is 165 Å². The fraction of sp³-hybridized carbons (Fsp3) is 0.333. The second-order valence-corrected chi connectivity index (χ2v) is 6.51. The summed E-state index contributed by atoms with van der Waals surface area (Å²) in [6.07, 6.45) is 7.15. The van der Waals surface area contributed by atoms with Crippen LogP contribution in [-0.4, -0.2) is 41.2 Å². The van der Waals surface area contributed by atoms with E-state index in [1.807, 2.05) is 18.2 Å². The maximum absolute atomic E-state index is 12.2. The number of hydrazine groups is 1. The lowest BCUT2D eigenvalue weighted by Gasteiger charge is -2.18. The van der Waals surface area contributed by atoms with Crippen molar-refractivity contribution in [2.45, 2.75) is 33.1 Å². The van der Waals surface area contributed by atoms with Gasteiger partial charge in [-0.3, -0.25) is 10.0 Å². The number of hydrogen-bond acceptors (Lipinski definition) is 6. The number of aliphatic imine (C=N–C) groups is 1. The summed E-state index contributed by atoms with van der Waals surface area (Å²) in [4.78, 5) is 15.7. The SMILES string of the molecule is C=N/C(=C(/O)C(=O)NCCc1ccccc1C1=CCCC(C)=C1)N(O)NCC. The van der Waals surface area contributed by atoms with Crippen LogP contribution >= 0.6 is 0 Å². The molecular formula is C21H28N4O3. The predicted molar refractivity (Wildman–Crippen MR) is 111 cm³/mol. The van der Waals surface area contributed by atoms with Crippen LogP contribution in [0.3, 0.4) is 0 Å². The zero-order valence-electron chi connectivity index (χ0n) is 16.4. The first-order valence-corrected chi connectivity index (χ1v) is 9.34. The first-order chi connectivity index (χ1) is 13.5. The molecule has 1 aromatic carbocycles. The molecule has 0 radical (unpaired) electrons. The molecule has 0 saturated heterocycles. The Balaban J connectivity index is 2.05. The van der Waals surface area contributed by atoms with Gasteiger partial charge in [0.05, 0.1) is 0 Å². The molecule has 28 heavy (non-hydrogen) atoms. The standard InChI is InChI=1S/C21H28N4O3/c1-4-24-25(28)20(22-3)19(26)21(27)23-13-12-16-9-5-6-11-18(16)17-10-7-8-15(2)14-17/h5-6,9-11,14,24,26,28H,3-4,7-8,12-13H2,1-2H3,(H,23,27)/b20-19-. The Morgan fingerprint density at radius 3 is 2.79 bits per heavy atom. The molecule has 0 aromatic heterocycles. The molecule has 1 aliphatic rings. The molecule has 0 fully saturated rings. The summed E-state index contributed by atoms with van der Waals surface area (Å²) in [6, 6.07) is 8.09. The van der Waals surface area contributed by atoms with Crippen LogP contribution in [-0.2, 0) is 11.2 Å². The number of nitrogens with one attached hydrogen (secondary N) is 2. The van der Waals surface area contributed by atoms with Crippen LogP contribution in [0.25, 0.3) is 5.57 Å². The number of hydroxylamine groups is 1. The summed E-state index contributed by atoms with van der Waals surface area (Å²) in [6.45, 7) is 7.85. The molecule has 0 atom stereocenters. The van der Waals surface area contributed by atoms with Gasteiger partial charge in [0.15, 0.2) is 0 Å². The Morgan fingerprint density at radius 1 is 1.36 bits per heavy atom. The molecule has 0 unspecified atom stereocenters. The topological polar surface area (TPSA) is 97.2 Å². The van der Waals surface area contributed by atoms with Gasteiger partial charge in [-0.2, -0.15) is 5.17 Å². The number of carbonyl (C=O) groups is 1. The van der Waals surface area contributed by atoms with Crippen molar-refractivity contribution in [1.29, 1.82) is 0 Å². The van der Waals surface area contributed by atoms with Crippen LogP contribution < -0.4 is 10.7 Å². The average Bonchev–Trinajstić information content (AvgIpc) is 2.69. The lowest BCUT2D eigenvalue weighted by atomic mass is 9.91. The number of rotatable bonds is 9. The first kappa shape index (κ1) is 21.4. The third-order valence-corrected chi connectivity index (χ3v) is 4.40. The van der Waals surface area contributed by atoms with Crippen LogP contribution in [0.1, 0.15) is 37.8 Å². The van der Waals surface area contributed by atoms with Gasteiger partial charge >= 0.3 is 0 Å². The van der Waals surface area contributed by atoms with E-state index < -0.39 is 11.7 Å². The molecule has 2 rings (SSSR count). The van der Waals surface area contributed by atoms with Crippen molar-refractivity contribution in [1.82, 2.24) is 15.9 Å². The fourth-order valence-corrected chi connectivity index (χ4v) is 3.02. The molecular weight excluding hydrogens is 356 g/mol. The Bertz CT molecular complexity index is 812. The highest BCUT2D eigenvalue weighted by Crippen LogP contribution is 2.27. The van der Waals surface area contributed by atoms with Crippen molar-refractivity contribution in [3.8, 4) is 0 Å². The van der Waals surface area contributed by atoms with Crippen molar-refractivity contribution in [2.75, 3.05) is 13.1 Å². The fourth-order valence-electron chi connectivity index (χ4n) is 3.02. The number of aliphatic hydroxyl groups excluding tert-OH is 1. The monoisotopic (exact) mass is 384 g/mol. The number of aliphatic hydroxyl groups is 1. The molecule has 0 aliphatic heterocycles. The van der Waals surface area contributed by atoms with Gasteiger partial charge in [-0.05, 0) is 49.6 Å².